The number of nitrogens with zero attached hydrogens (tertiary/aromatic N) is 2. The topological polar surface area (TPSA) is 86.8 Å². The third-order valence-corrected chi connectivity index (χ3v) is 7.13. The fourth-order valence-electron chi connectivity index (χ4n) is 4.01. The molecule has 1 aromatic carbocycles. The number of sulfonamides is 1. The Hall–Kier alpha value is -2.14. The average molecular weight is 462 g/mol. The van der Waals surface area contributed by atoms with Crippen molar-refractivity contribution >= 4 is 21.8 Å². The molecular formula is C20H26F3N3O4S. The molecule has 1 unspecified atom stereocenters. The minimum atomic E-state index is -4.46. The number of hydrogen-bond donors (Lipinski definition) is 1. The third kappa shape index (κ3) is 5.76. The third-order valence-electron chi connectivity index (χ3n) is 5.68. The molecule has 0 spiro atoms. The molecule has 1 fully saturated rings. The van der Waals surface area contributed by atoms with Gasteiger partial charge in [0.1, 0.15) is 6.04 Å². The highest BCUT2D eigenvalue weighted by Crippen LogP contribution is 2.28. The normalized spacial score (nSPS) is 19.8. The molecule has 0 saturated carbocycles. The summed E-state index contributed by atoms with van der Waals surface area (Å²) in [5.74, 6) is -0.399. The van der Waals surface area contributed by atoms with Crippen LogP contribution in [0.2, 0.25) is 0 Å². The number of fused-ring (bicyclic) bond motifs is 1. The molecular weight excluding hydrogens is 435 g/mol. The molecule has 1 saturated heterocycles. The second-order valence-corrected chi connectivity index (χ2v) is 9.71. The summed E-state index contributed by atoms with van der Waals surface area (Å²) in [6, 6.07) is 3.61. The Labute approximate surface area is 179 Å². The second kappa shape index (κ2) is 9.15. The van der Waals surface area contributed by atoms with Gasteiger partial charge in [0.15, 0.2) is 0 Å². The van der Waals surface area contributed by atoms with Gasteiger partial charge >= 0.3 is 6.18 Å². The fraction of sp³-hybridized carbons (Fsp3) is 0.600. The number of benzene rings is 1. The number of hydrogen-bond acceptors (Lipinski definition) is 4. The molecule has 11 heteroatoms. The maximum absolute atomic E-state index is 13.0. The highest BCUT2D eigenvalue weighted by atomic mass is 32.2. The number of halogens is 3. The Morgan fingerprint density at radius 2 is 1.81 bits per heavy atom. The van der Waals surface area contributed by atoms with Gasteiger partial charge in [-0.3, -0.25) is 9.59 Å². The molecule has 2 aliphatic rings. The van der Waals surface area contributed by atoms with Gasteiger partial charge in [-0.1, -0.05) is 6.07 Å². The first-order valence-corrected chi connectivity index (χ1v) is 11.7. The molecule has 2 heterocycles. The number of rotatable bonds is 5. The molecule has 3 rings (SSSR count). The number of nitrogens with one attached hydrogen (secondary N) is 1. The molecule has 0 bridgehead atoms. The highest BCUT2D eigenvalue weighted by Gasteiger charge is 2.36. The van der Waals surface area contributed by atoms with Crippen molar-refractivity contribution < 1.29 is 31.2 Å². The number of carbonyl (C=O) groups is 2. The van der Waals surface area contributed by atoms with Gasteiger partial charge < -0.3 is 9.80 Å². The van der Waals surface area contributed by atoms with Crippen LogP contribution < -0.4 is 4.72 Å². The van der Waals surface area contributed by atoms with Crippen molar-refractivity contribution in [3.05, 3.63) is 29.3 Å². The predicted octanol–water partition coefficient (Wildman–Crippen LogP) is 2.20. The second-order valence-electron chi connectivity index (χ2n) is 7.95. The summed E-state index contributed by atoms with van der Waals surface area (Å²) in [7, 11) is -4.13. The number of carbonyl (C=O) groups excluding carboxylic acids is 2. The van der Waals surface area contributed by atoms with Crippen LogP contribution in [0.3, 0.4) is 0 Å². The fourth-order valence-corrected chi connectivity index (χ4v) is 5.10. The SMILES string of the molecule is CC(=O)N1Cc2cc(S(=O)(=O)NCCC(F)(F)F)ccc2CC1C(=O)N1CCCCC1. The average Bonchev–Trinajstić information content (AvgIpc) is 2.71. The summed E-state index contributed by atoms with van der Waals surface area (Å²) < 4.78 is 63.6. The van der Waals surface area contributed by atoms with E-state index >= 15 is 0 Å². The first-order valence-electron chi connectivity index (χ1n) is 10.2. The molecule has 31 heavy (non-hydrogen) atoms. The van der Waals surface area contributed by atoms with Crippen molar-refractivity contribution in [1.82, 2.24) is 14.5 Å². The van der Waals surface area contributed by atoms with Gasteiger partial charge in [0, 0.05) is 39.5 Å². The van der Waals surface area contributed by atoms with Crippen molar-refractivity contribution in [3.63, 3.8) is 0 Å². The van der Waals surface area contributed by atoms with Crippen molar-refractivity contribution in [3.8, 4) is 0 Å². The van der Waals surface area contributed by atoms with E-state index in [4.69, 9.17) is 0 Å². The number of piperidine rings is 1. The predicted molar refractivity (Wildman–Crippen MR) is 106 cm³/mol. The van der Waals surface area contributed by atoms with E-state index in [0.29, 0.717) is 18.7 Å². The Morgan fingerprint density at radius 1 is 1.13 bits per heavy atom. The Kier molecular flexibility index (Phi) is 6.95. The maximum atomic E-state index is 13.0. The van der Waals surface area contributed by atoms with E-state index in [0.717, 1.165) is 24.8 Å². The van der Waals surface area contributed by atoms with E-state index in [-0.39, 0.29) is 29.7 Å². The summed E-state index contributed by atoms with van der Waals surface area (Å²) in [4.78, 5) is 28.3. The summed E-state index contributed by atoms with van der Waals surface area (Å²) >= 11 is 0. The summed E-state index contributed by atoms with van der Waals surface area (Å²) in [6.07, 6.45) is -2.53. The van der Waals surface area contributed by atoms with E-state index < -0.39 is 35.2 Å². The van der Waals surface area contributed by atoms with E-state index in [1.54, 1.807) is 11.0 Å². The van der Waals surface area contributed by atoms with E-state index in [2.05, 4.69) is 0 Å². The van der Waals surface area contributed by atoms with Crippen LogP contribution in [0.4, 0.5) is 13.2 Å². The van der Waals surface area contributed by atoms with Crippen molar-refractivity contribution in [1.29, 1.82) is 0 Å². The van der Waals surface area contributed by atoms with Crippen molar-refractivity contribution in [2.75, 3.05) is 19.6 Å². The van der Waals surface area contributed by atoms with E-state index in [1.807, 2.05) is 4.72 Å². The Morgan fingerprint density at radius 3 is 2.42 bits per heavy atom. The molecule has 172 valence electrons. The molecule has 1 aromatic rings. The minimum absolute atomic E-state index is 0.0703. The zero-order chi connectivity index (χ0) is 22.8. The van der Waals surface area contributed by atoms with Gasteiger partial charge in [-0.2, -0.15) is 13.2 Å². The maximum Gasteiger partial charge on any atom is 0.390 e. The quantitative estimate of drug-likeness (QED) is 0.729. The molecule has 7 nitrogen and oxygen atoms in total. The van der Waals surface area contributed by atoms with Crippen LogP contribution in [0.1, 0.15) is 43.7 Å². The van der Waals surface area contributed by atoms with Gasteiger partial charge in [-0.05, 0) is 42.5 Å². The van der Waals surface area contributed by atoms with Gasteiger partial charge in [0.2, 0.25) is 21.8 Å². The molecule has 0 aliphatic carbocycles. The first-order chi connectivity index (χ1) is 14.5. The van der Waals surface area contributed by atoms with Gasteiger partial charge in [0.05, 0.1) is 11.3 Å². The Balaban J connectivity index is 1.79. The molecule has 0 aromatic heterocycles. The van der Waals surface area contributed by atoms with Gasteiger partial charge in [-0.15, -0.1) is 0 Å². The van der Waals surface area contributed by atoms with Crippen LogP contribution in [0.25, 0.3) is 0 Å². The van der Waals surface area contributed by atoms with Crippen LogP contribution in [-0.2, 0) is 32.6 Å². The lowest BCUT2D eigenvalue weighted by atomic mass is 9.92. The molecule has 0 radical (unpaired) electrons. The van der Waals surface area contributed by atoms with E-state index in [1.165, 1.54) is 24.0 Å². The number of alkyl halides is 3. The smallest absolute Gasteiger partial charge is 0.341 e. The van der Waals surface area contributed by atoms with Crippen molar-refractivity contribution in [2.45, 2.75) is 62.7 Å². The van der Waals surface area contributed by atoms with Crippen LogP contribution in [0.5, 0.6) is 0 Å². The largest absolute Gasteiger partial charge is 0.390 e. The standard InChI is InChI=1S/C20H26F3N3O4S/c1-14(27)26-13-16-11-17(31(29,30)24-8-7-20(21,22)23)6-5-15(16)12-18(26)19(28)25-9-3-2-4-10-25/h5-6,11,18,24H,2-4,7-10,12-13H2,1H3. The lowest BCUT2D eigenvalue weighted by Crippen LogP contribution is -2.54. The molecule has 2 amide bonds. The van der Waals surface area contributed by atoms with Crippen LogP contribution >= 0.6 is 0 Å². The van der Waals surface area contributed by atoms with Gasteiger partial charge in [0.25, 0.3) is 0 Å². The van der Waals surface area contributed by atoms with Crippen molar-refractivity contribution in [2.24, 2.45) is 0 Å². The zero-order valence-electron chi connectivity index (χ0n) is 17.2. The van der Waals surface area contributed by atoms with Gasteiger partial charge in [-0.25, -0.2) is 13.1 Å². The zero-order valence-corrected chi connectivity index (χ0v) is 18.1. The minimum Gasteiger partial charge on any atom is -0.341 e. The van der Waals surface area contributed by atoms with Crippen LogP contribution in [0, 0.1) is 0 Å². The monoisotopic (exact) mass is 461 g/mol. The summed E-state index contributed by atoms with van der Waals surface area (Å²) in [6.45, 7) is 2.00. The lowest BCUT2D eigenvalue weighted by molar-refractivity contribution is -0.146. The first kappa shape index (κ1) is 23.5. The highest BCUT2D eigenvalue weighted by molar-refractivity contribution is 7.89. The van der Waals surface area contributed by atoms with Crippen LogP contribution in [0.15, 0.2) is 23.1 Å². The van der Waals surface area contributed by atoms with E-state index in [9.17, 15) is 31.2 Å². The summed E-state index contributed by atoms with van der Waals surface area (Å²) in [5.41, 5.74) is 1.32. The Bertz CT molecular complexity index is 943. The molecule has 1 atom stereocenters. The number of amides is 2. The number of likely N-dealkylation sites (tertiary alicyclic amines) is 1. The molecule has 2 aliphatic heterocycles. The molecule has 1 N–H and O–H groups in total. The lowest BCUT2D eigenvalue weighted by Gasteiger charge is -2.39. The van der Waals surface area contributed by atoms with Crippen LogP contribution in [-0.4, -0.2) is 61.9 Å². The summed E-state index contributed by atoms with van der Waals surface area (Å²) in [5, 5.41) is 0.